The highest BCUT2D eigenvalue weighted by atomic mass is 16.5. The van der Waals surface area contributed by atoms with Crippen molar-refractivity contribution < 1.29 is 13.9 Å². The largest absolute Gasteiger partial charge is 0.469 e. The molecule has 6 nitrogen and oxygen atoms in total. The highest BCUT2D eigenvalue weighted by Crippen LogP contribution is 2.10. The summed E-state index contributed by atoms with van der Waals surface area (Å²) in [5.74, 6) is 2.72. The summed E-state index contributed by atoms with van der Waals surface area (Å²) in [7, 11) is 0. The Bertz CT molecular complexity index is 697. The van der Waals surface area contributed by atoms with Crippen molar-refractivity contribution in [2.24, 2.45) is 16.8 Å². The Morgan fingerprint density at radius 2 is 2.10 bits per heavy atom. The molecule has 2 N–H and O–H groups in total. The van der Waals surface area contributed by atoms with E-state index in [4.69, 9.17) is 18.9 Å². The van der Waals surface area contributed by atoms with E-state index in [0.717, 1.165) is 50.9 Å². The molecule has 1 aromatic carbocycles. The lowest BCUT2D eigenvalue weighted by atomic mass is 10.1. The molecule has 0 bridgehead atoms. The van der Waals surface area contributed by atoms with Crippen LogP contribution in [0, 0.1) is 11.8 Å². The Hall–Kier alpha value is -2.31. The predicted octanol–water partition coefficient (Wildman–Crippen LogP) is 3.25. The van der Waals surface area contributed by atoms with Gasteiger partial charge in [-0.25, -0.2) is 0 Å². The fourth-order valence-corrected chi connectivity index (χ4v) is 3.17. The van der Waals surface area contributed by atoms with E-state index in [0.29, 0.717) is 31.6 Å². The average Bonchev–Trinajstić information content (AvgIpc) is 3.44. The molecule has 0 saturated carbocycles. The lowest BCUT2D eigenvalue weighted by molar-refractivity contribution is 0.0945. The van der Waals surface area contributed by atoms with Crippen LogP contribution in [-0.4, -0.2) is 45.4 Å². The first-order valence-electron chi connectivity index (χ1n) is 10.5. The van der Waals surface area contributed by atoms with E-state index >= 15 is 0 Å². The molecule has 3 rings (SSSR count). The molecular weight excluding hydrogens is 366 g/mol. The molecular formula is C23H33N3O3. The third-order valence-electron chi connectivity index (χ3n) is 4.90. The third-order valence-corrected chi connectivity index (χ3v) is 4.90. The number of nitrogens with one attached hydrogen (secondary N) is 2. The SMILES string of the molecule is CC(CN=C(NCCc1ccco1)NCC1CCOC1)COCc1ccccc1. The molecule has 0 spiro atoms. The second kappa shape index (κ2) is 12.3. The average molecular weight is 400 g/mol. The van der Waals surface area contributed by atoms with Gasteiger partial charge < -0.3 is 24.5 Å². The van der Waals surface area contributed by atoms with Crippen molar-refractivity contribution in [1.82, 2.24) is 10.6 Å². The summed E-state index contributed by atoms with van der Waals surface area (Å²) in [6.07, 6.45) is 3.65. The van der Waals surface area contributed by atoms with Gasteiger partial charge in [-0.15, -0.1) is 0 Å². The molecule has 1 saturated heterocycles. The monoisotopic (exact) mass is 399 g/mol. The molecule has 1 aliphatic heterocycles. The van der Waals surface area contributed by atoms with Gasteiger partial charge in [0.05, 0.1) is 26.1 Å². The summed E-state index contributed by atoms with van der Waals surface area (Å²) in [6.45, 7) is 7.56. The maximum Gasteiger partial charge on any atom is 0.191 e. The minimum absolute atomic E-state index is 0.345. The van der Waals surface area contributed by atoms with Gasteiger partial charge in [0.15, 0.2) is 5.96 Å². The van der Waals surface area contributed by atoms with E-state index in [1.54, 1.807) is 6.26 Å². The van der Waals surface area contributed by atoms with Crippen molar-refractivity contribution in [3.8, 4) is 0 Å². The number of benzene rings is 1. The fraction of sp³-hybridized carbons (Fsp3) is 0.522. The zero-order chi connectivity index (χ0) is 20.2. The predicted molar refractivity (Wildman–Crippen MR) is 115 cm³/mol. The van der Waals surface area contributed by atoms with Crippen LogP contribution in [0.1, 0.15) is 24.7 Å². The number of nitrogens with zero attached hydrogens (tertiary/aromatic N) is 1. The Kier molecular flexibility index (Phi) is 9.07. The third kappa shape index (κ3) is 8.30. The van der Waals surface area contributed by atoms with E-state index in [2.05, 4.69) is 29.7 Å². The number of rotatable bonds is 11. The van der Waals surface area contributed by atoms with Crippen molar-refractivity contribution in [3.05, 3.63) is 60.1 Å². The standard InChI is InChI=1S/C23H33N3O3/c1-19(16-28-17-20-6-3-2-4-7-20)14-25-23(26-15-21-10-13-27-18-21)24-11-9-22-8-5-12-29-22/h2-8,12,19,21H,9-11,13-18H2,1H3,(H2,24,25,26). The first-order valence-corrected chi connectivity index (χ1v) is 10.5. The number of aliphatic imine (C=N–C) groups is 1. The molecule has 158 valence electrons. The van der Waals surface area contributed by atoms with Gasteiger partial charge in [-0.1, -0.05) is 37.3 Å². The molecule has 2 unspecified atom stereocenters. The molecule has 0 amide bonds. The van der Waals surface area contributed by atoms with Crippen LogP contribution in [0.25, 0.3) is 0 Å². The van der Waals surface area contributed by atoms with Gasteiger partial charge in [-0.3, -0.25) is 4.99 Å². The van der Waals surface area contributed by atoms with E-state index in [1.165, 1.54) is 5.56 Å². The summed E-state index contributed by atoms with van der Waals surface area (Å²) in [6, 6.07) is 14.2. The van der Waals surface area contributed by atoms with E-state index in [1.807, 2.05) is 30.3 Å². The molecule has 6 heteroatoms. The van der Waals surface area contributed by atoms with Crippen molar-refractivity contribution in [2.45, 2.75) is 26.4 Å². The second-order valence-electron chi connectivity index (χ2n) is 7.66. The Morgan fingerprint density at radius 3 is 2.86 bits per heavy atom. The van der Waals surface area contributed by atoms with Crippen LogP contribution in [0.4, 0.5) is 0 Å². The topological polar surface area (TPSA) is 68.0 Å². The van der Waals surface area contributed by atoms with E-state index in [9.17, 15) is 0 Å². The van der Waals surface area contributed by atoms with Crippen LogP contribution >= 0.6 is 0 Å². The van der Waals surface area contributed by atoms with Gasteiger partial charge in [0, 0.05) is 38.6 Å². The molecule has 29 heavy (non-hydrogen) atoms. The molecule has 2 heterocycles. The fourth-order valence-electron chi connectivity index (χ4n) is 3.17. The number of guanidine groups is 1. The summed E-state index contributed by atoms with van der Waals surface area (Å²) in [5, 5.41) is 6.88. The van der Waals surface area contributed by atoms with Crippen LogP contribution in [0.3, 0.4) is 0 Å². The van der Waals surface area contributed by atoms with Gasteiger partial charge in [0.1, 0.15) is 5.76 Å². The summed E-state index contributed by atoms with van der Waals surface area (Å²) >= 11 is 0. The smallest absolute Gasteiger partial charge is 0.191 e. The van der Waals surface area contributed by atoms with E-state index in [-0.39, 0.29) is 0 Å². The van der Waals surface area contributed by atoms with Gasteiger partial charge in [0.2, 0.25) is 0 Å². The number of ether oxygens (including phenoxy) is 2. The molecule has 1 aliphatic rings. The van der Waals surface area contributed by atoms with Crippen LogP contribution in [-0.2, 0) is 22.5 Å². The zero-order valence-corrected chi connectivity index (χ0v) is 17.3. The van der Waals surface area contributed by atoms with Crippen LogP contribution in [0.15, 0.2) is 58.1 Å². The van der Waals surface area contributed by atoms with Crippen LogP contribution in [0.5, 0.6) is 0 Å². The minimum Gasteiger partial charge on any atom is -0.469 e. The summed E-state index contributed by atoms with van der Waals surface area (Å²) < 4.78 is 16.7. The summed E-state index contributed by atoms with van der Waals surface area (Å²) in [5.41, 5.74) is 1.20. The van der Waals surface area contributed by atoms with Crippen LogP contribution in [0.2, 0.25) is 0 Å². The van der Waals surface area contributed by atoms with Crippen molar-refractivity contribution in [3.63, 3.8) is 0 Å². The maximum absolute atomic E-state index is 5.85. The van der Waals surface area contributed by atoms with Gasteiger partial charge in [-0.05, 0) is 30.0 Å². The lowest BCUT2D eigenvalue weighted by Crippen LogP contribution is -2.41. The van der Waals surface area contributed by atoms with Gasteiger partial charge >= 0.3 is 0 Å². The molecule has 1 aromatic heterocycles. The maximum atomic E-state index is 5.85. The Labute approximate surface area is 173 Å². The first-order chi connectivity index (χ1) is 14.3. The minimum atomic E-state index is 0.345. The normalized spacial score (nSPS) is 18.0. The highest BCUT2D eigenvalue weighted by Gasteiger charge is 2.16. The molecule has 2 atom stereocenters. The molecule has 1 fully saturated rings. The zero-order valence-electron chi connectivity index (χ0n) is 17.3. The lowest BCUT2D eigenvalue weighted by Gasteiger charge is -2.16. The number of hydrogen-bond donors (Lipinski definition) is 2. The molecule has 0 aliphatic carbocycles. The van der Waals surface area contributed by atoms with Gasteiger partial charge in [0.25, 0.3) is 0 Å². The van der Waals surface area contributed by atoms with E-state index < -0.39 is 0 Å². The first kappa shape index (κ1) is 21.4. The second-order valence-corrected chi connectivity index (χ2v) is 7.66. The van der Waals surface area contributed by atoms with Crippen molar-refractivity contribution >= 4 is 5.96 Å². The Balaban J connectivity index is 1.41. The van der Waals surface area contributed by atoms with Crippen LogP contribution < -0.4 is 10.6 Å². The van der Waals surface area contributed by atoms with Crippen molar-refractivity contribution in [2.75, 3.05) is 39.5 Å². The number of furan rings is 1. The summed E-state index contributed by atoms with van der Waals surface area (Å²) in [4.78, 5) is 4.77. The van der Waals surface area contributed by atoms with Gasteiger partial charge in [-0.2, -0.15) is 0 Å². The Morgan fingerprint density at radius 1 is 1.21 bits per heavy atom. The molecule has 0 radical (unpaired) electrons. The quantitative estimate of drug-likeness (QED) is 0.448. The highest BCUT2D eigenvalue weighted by molar-refractivity contribution is 5.79. The molecule has 2 aromatic rings. The number of hydrogen-bond acceptors (Lipinski definition) is 4. The van der Waals surface area contributed by atoms with Crippen molar-refractivity contribution in [1.29, 1.82) is 0 Å².